The Morgan fingerprint density at radius 1 is 1.03 bits per heavy atom. The quantitative estimate of drug-likeness (QED) is 0.428. The molecule has 0 aliphatic heterocycles. The third kappa shape index (κ3) is 5.06. The number of esters is 1. The van der Waals surface area contributed by atoms with Crippen LogP contribution in [0.25, 0.3) is 28.0 Å². The molecule has 0 unspecified atom stereocenters. The largest absolute Gasteiger partial charge is 0.452 e. The van der Waals surface area contributed by atoms with Crippen LogP contribution in [0.1, 0.15) is 16.1 Å². The summed E-state index contributed by atoms with van der Waals surface area (Å²) in [5.74, 6) is -1.93. The molecule has 1 N–H and O–H groups in total. The highest BCUT2D eigenvalue weighted by Crippen LogP contribution is 2.29. The van der Waals surface area contributed by atoms with E-state index in [0.29, 0.717) is 22.4 Å². The number of ether oxygens (including phenoxy) is 1. The maximum Gasteiger partial charge on any atom is 0.405 e. The van der Waals surface area contributed by atoms with Crippen LogP contribution in [0.3, 0.4) is 0 Å². The van der Waals surface area contributed by atoms with E-state index in [-0.39, 0.29) is 5.56 Å². The molecule has 174 valence electrons. The zero-order chi connectivity index (χ0) is 24.3. The molecular weight excluding hydrogens is 449 g/mol. The zero-order valence-corrected chi connectivity index (χ0v) is 18.0. The number of hydrogen-bond acceptors (Lipinski definition) is 5. The van der Waals surface area contributed by atoms with Crippen LogP contribution in [0.4, 0.5) is 13.2 Å². The summed E-state index contributed by atoms with van der Waals surface area (Å²) in [6.45, 7) is -0.659. The molecule has 2 aromatic carbocycles. The first-order valence-corrected chi connectivity index (χ1v) is 10.2. The molecule has 4 aromatic rings. The van der Waals surface area contributed by atoms with E-state index in [1.165, 1.54) is 6.07 Å². The predicted molar refractivity (Wildman–Crippen MR) is 118 cm³/mol. The lowest BCUT2D eigenvalue weighted by atomic mass is 10.1. The number of pyridine rings is 1. The molecule has 0 spiro atoms. The number of halogens is 3. The Labute approximate surface area is 192 Å². The lowest BCUT2D eigenvalue weighted by molar-refractivity contribution is -0.140. The van der Waals surface area contributed by atoms with Crippen molar-refractivity contribution in [3.05, 3.63) is 78.0 Å². The number of benzene rings is 2. The van der Waals surface area contributed by atoms with Crippen LogP contribution < -0.4 is 5.32 Å². The second-order valence-corrected chi connectivity index (χ2v) is 7.42. The first kappa shape index (κ1) is 23.0. The molecule has 0 saturated carbocycles. The number of amides is 1. The maximum atomic E-state index is 13.0. The minimum Gasteiger partial charge on any atom is -0.452 e. The van der Waals surface area contributed by atoms with Crippen molar-refractivity contribution in [3.8, 4) is 16.9 Å². The van der Waals surface area contributed by atoms with Crippen molar-refractivity contribution in [1.29, 1.82) is 0 Å². The van der Waals surface area contributed by atoms with E-state index in [1.54, 1.807) is 16.9 Å². The molecule has 0 fully saturated rings. The monoisotopic (exact) mass is 468 g/mol. The standard InChI is InChI=1S/C24H19F3N4O3/c1-15-21-18(23(33)34-13-20(32)28-14-24(25,26)27)12-19(16-8-4-2-5-9-16)29-22(21)31(30-15)17-10-6-3-7-11-17/h2-12H,13-14H2,1H3,(H,28,32). The number of para-hydroxylation sites is 1. The Kier molecular flexibility index (Phi) is 6.31. The molecule has 0 aliphatic carbocycles. The Morgan fingerprint density at radius 2 is 1.68 bits per heavy atom. The molecule has 4 rings (SSSR count). The van der Waals surface area contributed by atoms with E-state index in [4.69, 9.17) is 9.72 Å². The van der Waals surface area contributed by atoms with Crippen molar-refractivity contribution in [2.75, 3.05) is 13.2 Å². The van der Waals surface area contributed by atoms with Crippen LogP contribution in [0.2, 0.25) is 0 Å². The molecule has 0 radical (unpaired) electrons. The molecule has 0 saturated heterocycles. The number of nitrogens with zero attached hydrogens (tertiary/aromatic N) is 3. The van der Waals surface area contributed by atoms with Gasteiger partial charge in [-0.05, 0) is 25.1 Å². The van der Waals surface area contributed by atoms with Gasteiger partial charge in [0, 0.05) is 5.56 Å². The summed E-state index contributed by atoms with van der Waals surface area (Å²) < 4.78 is 43.6. The molecule has 10 heteroatoms. The number of alkyl halides is 3. The van der Waals surface area contributed by atoms with Gasteiger partial charge in [0.15, 0.2) is 12.3 Å². The van der Waals surface area contributed by atoms with Crippen molar-refractivity contribution in [2.45, 2.75) is 13.1 Å². The lowest BCUT2D eigenvalue weighted by Gasteiger charge is -2.11. The Bertz CT molecular complexity index is 1340. The maximum absolute atomic E-state index is 13.0. The molecule has 1 amide bonds. The second kappa shape index (κ2) is 9.34. The topological polar surface area (TPSA) is 86.1 Å². The summed E-state index contributed by atoms with van der Waals surface area (Å²) in [5, 5.41) is 6.62. The van der Waals surface area contributed by atoms with Crippen molar-refractivity contribution < 1.29 is 27.5 Å². The van der Waals surface area contributed by atoms with E-state index >= 15 is 0 Å². The fourth-order valence-electron chi connectivity index (χ4n) is 3.41. The van der Waals surface area contributed by atoms with Crippen LogP contribution in [0.15, 0.2) is 66.7 Å². The van der Waals surface area contributed by atoms with Crippen LogP contribution in [0.5, 0.6) is 0 Å². The van der Waals surface area contributed by atoms with E-state index in [2.05, 4.69) is 5.10 Å². The number of aryl methyl sites for hydroxylation is 1. The van der Waals surface area contributed by atoms with Gasteiger partial charge in [0.2, 0.25) is 0 Å². The van der Waals surface area contributed by atoms with Crippen molar-refractivity contribution in [2.24, 2.45) is 0 Å². The number of aromatic nitrogens is 3. The van der Waals surface area contributed by atoms with Gasteiger partial charge in [-0.15, -0.1) is 0 Å². The van der Waals surface area contributed by atoms with Crippen LogP contribution in [-0.2, 0) is 9.53 Å². The minimum atomic E-state index is -4.56. The average Bonchev–Trinajstić information content (AvgIpc) is 3.17. The van der Waals surface area contributed by atoms with Crippen molar-refractivity contribution in [3.63, 3.8) is 0 Å². The first-order valence-electron chi connectivity index (χ1n) is 10.2. The fraction of sp³-hybridized carbons (Fsp3) is 0.167. The Morgan fingerprint density at radius 3 is 2.32 bits per heavy atom. The SMILES string of the molecule is Cc1nn(-c2ccccc2)c2nc(-c3ccccc3)cc(C(=O)OCC(=O)NCC(F)(F)F)c12. The predicted octanol–water partition coefficient (Wildman–Crippen LogP) is 4.23. The summed E-state index contributed by atoms with van der Waals surface area (Å²) in [6, 6.07) is 19.9. The van der Waals surface area contributed by atoms with Gasteiger partial charge in [-0.2, -0.15) is 18.3 Å². The first-order chi connectivity index (χ1) is 16.2. The van der Waals surface area contributed by atoms with Gasteiger partial charge in [-0.3, -0.25) is 4.79 Å². The third-order valence-corrected chi connectivity index (χ3v) is 4.92. The van der Waals surface area contributed by atoms with E-state index in [9.17, 15) is 22.8 Å². The van der Waals surface area contributed by atoms with Crippen LogP contribution in [0, 0.1) is 6.92 Å². The van der Waals surface area contributed by atoms with E-state index in [0.717, 1.165) is 11.3 Å². The summed E-state index contributed by atoms with van der Waals surface area (Å²) in [7, 11) is 0. The highest BCUT2D eigenvalue weighted by Gasteiger charge is 2.28. The van der Waals surface area contributed by atoms with Gasteiger partial charge >= 0.3 is 12.1 Å². The van der Waals surface area contributed by atoms with Gasteiger partial charge in [-0.1, -0.05) is 48.5 Å². The smallest absolute Gasteiger partial charge is 0.405 e. The Balaban J connectivity index is 1.74. The molecule has 7 nitrogen and oxygen atoms in total. The van der Waals surface area contributed by atoms with Crippen LogP contribution >= 0.6 is 0 Å². The van der Waals surface area contributed by atoms with Crippen molar-refractivity contribution >= 4 is 22.9 Å². The molecule has 34 heavy (non-hydrogen) atoms. The summed E-state index contributed by atoms with van der Waals surface area (Å²) in [5.41, 5.74) is 2.94. The number of rotatable bonds is 6. The molecule has 2 heterocycles. The molecule has 0 aliphatic rings. The average molecular weight is 468 g/mol. The van der Waals surface area contributed by atoms with Gasteiger partial charge in [-0.25, -0.2) is 14.5 Å². The molecule has 2 aromatic heterocycles. The third-order valence-electron chi connectivity index (χ3n) is 4.92. The second-order valence-electron chi connectivity index (χ2n) is 7.42. The van der Waals surface area contributed by atoms with Gasteiger partial charge < -0.3 is 10.1 Å². The van der Waals surface area contributed by atoms with E-state index in [1.807, 2.05) is 60.7 Å². The fourth-order valence-corrected chi connectivity index (χ4v) is 3.41. The summed E-state index contributed by atoms with van der Waals surface area (Å²) in [6.07, 6.45) is -4.56. The number of carbonyl (C=O) groups excluding carboxylic acids is 2. The Hall–Kier alpha value is -4.21. The molecule has 0 bridgehead atoms. The normalized spacial score (nSPS) is 11.4. The molecular formula is C24H19F3N4O3. The number of fused-ring (bicyclic) bond motifs is 1. The zero-order valence-electron chi connectivity index (χ0n) is 18.0. The number of hydrogen-bond donors (Lipinski definition) is 1. The van der Waals surface area contributed by atoms with Gasteiger partial charge in [0.05, 0.1) is 28.0 Å². The van der Waals surface area contributed by atoms with E-state index < -0.39 is 31.2 Å². The van der Waals surface area contributed by atoms with Crippen molar-refractivity contribution in [1.82, 2.24) is 20.1 Å². The summed E-state index contributed by atoms with van der Waals surface area (Å²) in [4.78, 5) is 29.4. The minimum absolute atomic E-state index is 0.104. The molecule has 0 atom stereocenters. The highest BCUT2D eigenvalue weighted by atomic mass is 19.4. The van der Waals surface area contributed by atoms with Gasteiger partial charge in [0.1, 0.15) is 6.54 Å². The number of nitrogens with one attached hydrogen (secondary N) is 1. The van der Waals surface area contributed by atoms with Crippen LogP contribution in [-0.4, -0.2) is 46.0 Å². The summed E-state index contributed by atoms with van der Waals surface area (Å²) >= 11 is 0. The lowest BCUT2D eigenvalue weighted by Crippen LogP contribution is -2.36. The highest BCUT2D eigenvalue weighted by molar-refractivity contribution is 6.05. The van der Waals surface area contributed by atoms with Gasteiger partial charge in [0.25, 0.3) is 5.91 Å². The number of carbonyl (C=O) groups is 2.